The minimum absolute atomic E-state index is 0.207. The molecule has 0 radical (unpaired) electrons. The minimum atomic E-state index is -1.99. The van der Waals surface area contributed by atoms with Crippen molar-refractivity contribution in [2.45, 2.75) is 6.56 Å². The third-order valence-electron chi connectivity index (χ3n) is 2.24. The summed E-state index contributed by atoms with van der Waals surface area (Å²) in [5.41, 5.74) is 0.335. The standard InChI is InChI=1S/C13H12FNO2/c1-17-9-10-2-7-13(16)15(8-10)12-5-3-11(14)4-6-12/h2-8H,9H2,1H3/i9D2. The van der Waals surface area contributed by atoms with Gasteiger partial charge < -0.3 is 4.74 Å². The van der Waals surface area contributed by atoms with Gasteiger partial charge in [-0.2, -0.15) is 0 Å². The lowest BCUT2D eigenvalue weighted by Gasteiger charge is -2.07. The third kappa shape index (κ3) is 2.60. The molecular weight excluding hydrogens is 221 g/mol. The number of halogens is 1. The van der Waals surface area contributed by atoms with Crippen LogP contribution in [0.25, 0.3) is 5.69 Å². The maximum absolute atomic E-state index is 12.9. The summed E-state index contributed by atoms with van der Waals surface area (Å²) >= 11 is 0. The SMILES string of the molecule is [2H]C([2H])(OC)c1ccc(=O)n(-c2ccc(F)cc2)c1. The molecule has 0 aliphatic rings. The Labute approximate surface area is 101 Å². The van der Waals surface area contributed by atoms with Crippen molar-refractivity contribution in [3.05, 3.63) is 64.3 Å². The zero-order valence-electron chi connectivity index (χ0n) is 11.2. The van der Waals surface area contributed by atoms with Crippen LogP contribution in [-0.4, -0.2) is 11.7 Å². The molecule has 1 heterocycles. The molecule has 0 aliphatic heterocycles. The highest BCUT2D eigenvalue weighted by Gasteiger charge is 2.01. The van der Waals surface area contributed by atoms with Crippen molar-refractivity contribution in [2.75, 3.05) is 7.11 Å². The van der Waals surface area contributed by atoms with Crippen molar-refractivity contribution >= 4 is 0 Å². The van der Waals surface area contributed by atoms with Gasteiger partial charge in [0.05, 0.1) is 9.30 Å². The van der Waals surface area contributed by atoms with Gasteiger partial charge in [0.15, 0.2) is 0 Å². The van der Waals surface area contributed by atoms with E-state index in [2.05, 4.69) is 0 Å². The average molecular weight is 235 g/mol. The molecule has 0 spiro atoms. The topological polar surface area (TPSA) is 31.2 Å². The second-order valence-corrected chi connectivity index (χ2v) is 3.41. The minimum Gasteiger partial charge on any atom is -0.380 e. The lowest BCUT2D eigenvalue weighted by molar-refractivity contribution is 0.184. The molecule has 0 aliphatic carbocycles. The zero-order valence-corrected chi connectivity index (χ0v) is 9.18. The summed E-state index contributed by atoms with van der Waals surface area (Å²) in [6, 6.07) is 7.98. The van der Waals surface area contributed by atoms with Crippen LogP contribution in [0.1, 0.15) is 8.30 Å². The smallest absolute Gasteiger partial charge is 0.255 e. The number of hydrogen-bond donors (Lipinski definition) is 0. The molecule has 0 bridgehead atoms. The Hall–Kier alpha value is -1.94. The summed E-state index contributed by atoms with van der Waals surface area (Å²) in [4.78, 5) is 11.8. The lowest BCUT2D eigenvalue weighted by atomic mass is 10.2. The Kier molecular flexibility index (Phi) is 2.65. The van der Waals surface area contributed by atoms with Crippen LogP contribution in [0, 0.1) is 5.82 Å². The average Bonchev–Trinajstić information content (AvgIpc) is 2.40. The van der Waals surface area contributed by atoms with Gasteiger partial charge in [0.25, 0.3) is 5.56 Å². The Morgan fingerprint density at radius 2 is 2.00 bits per heavy atom. The highest BCUT2D eigenvalue weighted by molar-refractivity contribution is 5.33. The van der Waals surface area contributed by atoms with Crippen molar-refractivity contribution in [3.63, 3.8) is 0 Å². The first kappa shape index (κ1) is 9.13. The van der Waals surface area contributed by atoms with Gasteiger partial charge in [-0.25, -0.2) is 4.39 Å². The molecule has 1 aromatic heterocycles. The van der Waals surface area contributed by atoms with E-state index in [1.807, 2.05) is 0 Å². The Balaban J connectivity index is 2.55. The fraction of sp³-hybridized carbons (Fsp3) is 0.154. The van der Waals surface area contributed by atoms with E-state index < -0.39 is 12.4 Å². The molecule has 2 aromatic rings. The molecule has 2 rings (SSSR count). The highest BCUT2D eigenvalue weighted by atomic mass is 19.1. The predicted molar refractivity (Wildman–Crippen MR) is 62.7 cm³/mol. The van der Waals surface area contributed by atoms with E-state index >= 15 is 0 Å². The van der Waals surface area contributed by atoms with Gasteiger partial charge in [0.1, 0.15) is 5.82 Å². The first-order chi connectivity index (χ1) is 8.94. The molecule has 3 nitrogen and oxygen atoms in total. The van der Waals surface area contributed by atoms with E-state index in [-0.39, 0.29) is 11.1 Å². The summed E-state index contributed by atoms with van der Waals surface area (Å²) in [7, 11) is 1.24. The van der Waals surface area contributed by atoms with Gasteiger partial charge in [-0.3, -0.25) is 9.36 Å². The fourth-order valence-corrected chi connectivity index (χ4v) is 1.47. The summed E-state index contributed by atoms with van der Waals surface area (Å²) < 4.78 is 34.1. The van der Waals surface area contributed by atoms with Crippen molar-refractivity contribution in [1.82, 2.24) is 4.57 Å². The lowest BCUT2D eigenvalue weighted by Crippen LogP contribution is -2.17. The summed E-state index contributed by atoms with van der Waals surface area (Å²) in [6.07, 6.45) is 1.35. The predicted octanol–water partition coefficient (Wildman–Crippen LogP) is 2.12. The van der Waals surface area contributed by atoms with Crippen molar-refractivity contribution in [3.8, 4) is 5.69 Å². The van der Waals surface area contributed by atoms with Crippen molar-refractivity contribution in [1.29, 1.82) is 0 Å². The van der Waals surface area contributed by atoms with Gasteiger partial charge in [-0.15, -0.1) is 0 Å². The molecule has 0 unspecified atom stereocenters. The molecule has 0 saturated heterocycles. The van der Waals surface area contributed by atoms with Crippen LogP contribution < -0.4 is 5.56 Å². The maximum Gasteiger partial charge on any atom is 0.255 e. The van der Waals surface area contributed by atoms with Crippen LogP contribution in [0.4, 0.5) is 4.39 Å². The number of pyridine rings is 1. The van der Waals surface area contributed by atoms with Crippen LogP contribution in [0.5, 0.6) is 0 Å². The van der Waals surface area contributed by atoms with Crippen molar-refractivity contribution in [2.24, 2.45) is 0 Å². The number of rotatable bonds is 3. The van der Waals surface area contributed by atoms with E-state index in [4.69, 9.17) is 7.48 Å². The highest BCUT2D eigenvalue weighted by Crippen LogP contribution is 2.08. The second-order valence-electron chi connectivity index (χ2n) is 3.41. The van der Waals surface area contributed by atoms with E-state index in [9.17, 15) is 9.18 Å². The van der Waals surface area contributed by atoms with E-state index in [0.717, 1.165) is 0 Å². The number of benzene rings is 1. The number of hydrogen-bond acceptors (Lipinski definition) is 2. The second kappa shape index (κ2) is 4.93. The summed E-state index contributed by atoms with van der Waals surface area (Å²) in [5.74, 6) is -0.403. The molecule has 0 saturated carbocycles. The van der Waals surface area contributed by atoms with Crippen molar-refractivity contribution < 1.29 is 11.9 Å². The van der Waals surface area contributed by atoms with E-state index in [1.54, 1.807) is 0 Å². The molecular formula is C13H12FNO2. The Bertz CT molecular complexity index is 638. The molecule has 1 aromatic carbocycles. The number of nitrogens with zero attached hydrogens (tertiary/aromatic N) is 1. The van der Waals surface area contributed by atoms with Crippen LogP contribution in [0.15, 0.2) is 47.4 Å². The quantitative estimate of drug-likeness (QED) is 0.816. The summed E-state index contributed by atoms with van der Waals surface area (Å²) in [5, 5.41) is 0. The molecule has 4 heteroatoms. The van der Waals surface area contributed by atoms with Gasteiger partial charge in [-0.1, -0.05) is 0 Å². The van der Waals surface area contributed by atoms with Crippen LogP contribution >= 0.6 is 0 Å². The zero-order chi connectivity index (χ0) is 14.0. The normalized spacial score (nSPS) is 13.1. The van der Waals surface area contributed by atoms with Gasteiger partial charge >= 0.3 is 0 Å². The Morgan fingerprint density at radius 1 is 1.29 bits per heavy atom. The largest absolute Gasteiger partial charge is 0.380 e. The molecule has 88 valence electrons. The number of ether oxygens (including phenoxy) is 1. The van der Waals surface area contributed by atoms with Crippen LogP contribution in [-0.2, 0) is 11.3 Å². The van der Waals surface area contributed by atoms with Gasteiger partial charge in [-0.05, 0) is 35.9 Å². The fourth-order valence-electron chi connectivity index (χ4n) is 1.47. The molecule has 0 amide bonds. The first-order valence-corrected chi connectivity index (χ1v) is 4.98. The van der Waals surface area contributed by atoms with E-state index in [1.165, 1.54) is 54.3 Å². The van der Waals surface area contributed by atoms with E-state index in [0.29, 0.717) is 5.69 Å². The number of methoxy groups -OCH3 is 1. The maximum atomic E-state index is 12.9. The monoisotopic (exact) mass is 235 g/mol. The Morgan fingerprint density at radius 3 is 2.65 bits per heavy atom. The molecule has 0 N–H and O–H groups in total. The molecule has 0 atom stereocenters. The number of aromatic nitrogens is 1. The third-order valence-corrected chi connectivity index (χ3v) is 2.24. The molecule has 17 heavy (non-hydrogen) atoms. The van der Waals surface area contributed by atoms with Gasteiger partial charge in [0.2, 0.25) is 0 Å². The summed E-state index contributed by atoms with van der Waals surface area (Å²) in [6.45, 7) is -1.99. The van der Waals surface area contributed by atoms with Gasteiger partial charge in [0, 0.05) is 25.1 Å². The first-order valence-electron chi connectivity index (χ1n) is 5.98. The van der Waals surface area contributed by atoms with Crippen LogP contribution in [0.2, 0.25) is 0 Å². The molecule has 0 fully saturated rings. The van der Waals surface area contributed by atoms with Crippen LogP contribution in [0.3, 0.4) is 0 Å².